The Balaban J connectivity index is 0.00000261. The molecule has 144 valence electrons. The van der Waals surface area contributed by atoms with Gasteiger partial charge in [-0.1, -0.05) is 36.5 Å². The average Bonchev–Trinajstić information content (AvgIpc) is 3.04. The molecule has 0 aliphatic carbocycles. The lowest BCUT2D eigenvalue weighted by Gasteiger charge is -2.22. The summed E-state index contributed by atoms with van der Waals surface area (Å²) < 4.78 is 2.09. The molecule has 1 amide bonds. The van der Waals surface area contributed by atoms with E-state index in [0.717, 1.165) is 37.4 Å². The molecule has 3 rings (SSSR count). The highest BCUT2D eigenvalue weighted by Crippen LogP contribution is 2.31. The normalized spacial score (nSPS) is 10.9. The fraction of sp³-hybridized carbons (Fsp3) is 0.300. The monoisotopic (exact) mass is 515 g/mol. The highest BCUT2D eigenvalue weighted by Gasteiger charge is 2.22. The van der Waals surface area contributed by atoms with Crippen LogP contribution in [-0.4, -0.2) is 43.0 Å². The Kier molecular flexibility index (Phi) is 8.03. The van der Waals surface area contributed by atoms with Gasteiger partial charge >= 0.3 is 0 Å². The van der Waals surface area contributed by atoms with Crippen LogP contribution in [0.3, 0.4) is 0 Å². The van der Waals surface area contributed by atoms with Gasteiger partial charge in [-0.2, -0.15) is 0 Å². The Labute approximate surface area is 184 Å². The van der Waals surface area contributed by atoms with Gasteiger partial charge in [-0.15, -0.1) is 12.4 Å². The number of thiazole rings is 1. The van der Waals surface area contributed by atoms with Gasteiger partial charge in [-0.05, 0) is 72.9 Å². The number of amides is 1. The maximum absolute atomic E-state index is 13.2. The lowest BCUT2D eigenvalue weighted by atomic mass is 10.2. The van der Waals surface area contributed by atoms with Gasteiger partial charge in [0.05, 0.1) is 15.8 Å². The van der Waals surface area contributed by atoms with Crippen LogP contribution in [0.25, 0.3) is 10.2 Å². The number of likely N-dealkylation sites (N-methyl/N-ethyl adjacent to an activating group) is 1. The number of fused-ring (bicyclic) bond motifs is 1. The van der Waals surface area contributed by atoms with Crippen LogP contribution in [0.5, 0.6) is 0 Å². The van der Waals surface area contributed by atoms with Gasteiger partial charge in [-0.3, -0.25) is 9.69 Å². The smallest absolute Gasteiger partial charge is 0.261 e. The molecular weight excluding hydrogens is 493 g/mol. The minimum Gasteiger partial charge on any atom is -0.308 e. The van der Waals surface area contributed by atoms with E-state index in [1.54, 1.807) is 11.3 Å². The van der Waals surface area contributed by atoms with Crippen molar-refractivity contribution in [1.29, 1.82) is 0 Å². The molecule has 2 aromatic carbocycles. The Morgan fingerprint density at radius 1 is 1.15 bits per heavy atom. The maximum Gasteiger partial charge on any atom is 0.261 e. The summed E-state index contributed by atoms with van der Waals surface area (Å²) in [6.07, 6.45) is 0.995. The summed E-state index contributed by atoms with van der Waals surface area (Å²) in [5.41, 5.74) is 2.96. The van der Waals surface area contributed by atoms with Crippen molar-refractivity contribution in [2.24, 2.45) is 0 Å². The van der Waals surface area contributed by atoms with Crippen LogP contribution >= 0.6 is 46.3 Å². The highest BCUT2D eigenvalue weighted by molar-refractivity contribution is 14.1. The second kappa shape index (κ2) is 9.82. The first-order valence-corrected chi connectivity index (χ1v) is 10.5. The number of carbonyl (C=O) groups is 1. The maximum atomic E-state index is 13.2. The first-order valence-electron chi connectivity index (χ1n) is 8.60. The van der Waals surface area contributed by atoms with E-state index in [1.807, 2.05) is 43.3 Å². The van der Waals surface area contributed by atoms with Crippen LogP contribution in [0.4, 0.5) is 5.13 Å². The first-order chi connectivity index (χ1) is 12.5. The molecule has 1 aromatic heterocycles. The van der Waals surface area contributed by atoms with Gasteiger partial charge < -0.3 is 4.90 Å². The zero-order valence-electron chi connectivity index (χ0n) is 15.6. The fourth-order valence-electron chi connectivity index (χ4n) is 2.66. The number of aryl methyl sites for hydroxylation is 1. The van der Waals surface area contributed by atoms with Gasteiger partial charge in [0.25, 0.3) is 5.91 Å². The highest BCUT2D eigenvalue weighted by atomic mass is 127. The number of aromatic nitrogens is 1. The summed E-state index contributed by atoms with van der Waals surface area (Å²) in [6.45, 7) is 3.54. The van der Waals surface area contributed by atoms with Crippen LogP contribution in [0.15, 0.2) is 42.5 Å². The van der Waals surface area contributed by atoms with Crippen LogP contribution in [0.2, 0.25) is 0 Å². The molecule has 0 aliphatic rings. The molecule has 0 unspecified atom stereocenters. The second-order valence-electron chi connectivity index (χ2n) is 6.39. The largest absolute Gasteiger partial charge is 0.308 e. The number of carbonyl (C=O) groups excluding carboxylic acids is 1. The van der Waals surface area contributed by atoms with E-state index in [2.05, 4.69) is 52.6 Å². The van der Waals surface area contributed by atoms with Crippen molar-refractivity contribution >= 4 is 67.6 Å². The number of rotatable bonds is 6. The van der Waals surface area contributed by atoms with Crippen molar-refractivity contribution in [2.45, 2.75) is 13.3 Å². The van der Waals surface area contributed by atoms with E-state index < -0.39 is 0 Å². The summed E-state index contributed by atoms with van der Waals surface area (Å²) >= 11 is 3.81. The lowest BCUT2D eigenvalue weighted by Crippen LogP contribution is -2.37. The van der Waals surface area contributed by atoms with E-state index in [1.165, 1.54) is 5.56 Å². The third-order valence-electron chi connectivity index (χ3n) is 4.20. The van der Waals surface area contributed by atoms with Gasteiger partial charge in [0, 0.05) is 16.7 Å². The quantitative estimate of drug-likeness (QED) is 0.429. The minimum absolute atomic E-state index is 0. The number of halogens is 2. The van der Waals surface area contributed by atoms with Crippen molar-refractivity contribution in [3.05, 3.63) is 57.2 Å². The van der Waals surface area contributed by atoms with E-state index in [9.17, 15) is 4.79 Å². The number of anilines is 1. The number of nitrogens with zero attached hydrogens (tertiary/aromatic N) is 3. The van der Waals surface area contributed by atoms with E-state index in [0.29, 0.717) is 6.54 Å². The summed E-state index contributed by atoms with van der Waals surface area (Å²) in [5, 5.41) is 0.764. The summed E-state index contributed by atoms with van der Waals surface area (Å²) in [7, 11) is 4.03. The van der Waals surface area contributed by atoms with Crippen LogP contribution in [-0.2, 0) is 6.42 Å². The van der Waals surface area contributed by atoms with E-state index >= 15 is 0 Å². The Morgan fingerprint density at radius 3 is 2.56 bits per heavy atom. The zero-order valence-corrected chi connectivity index (χ0v) is 19.4. The molecule has 0 fully saturated rings. The minimum atomic E-state index is 0. The van der Waals surface area contributed by atoms with Crippen molar-refractivity contribution in [3.63, 3.8) is 0 Å². The second-order valence-corrected chi connectivity index (χ2v) is 8.56. The topological polar surface area (TPSA) is 36.4 Å². The molecule has 0 radical (unpaired) electrons. The van der Waals surface area contributed by atoms with Crippen molar-refractivity contribution in [3.8, 4) is 0 Å². The summed E-state index contributed by atoms with van der Waals surface area (Å²) in [4.78, 5) is 21.9. The first kappa shape index (κ1) is 22.1. The molecular formula is C20H23ClIN3OS. The number of hydrogen-bond acceptors (Lipinski definition) is 4. The Morgan fingerprint density at radius 2 is 1.89 bits per heavy atom. The SMILES string of the molecule is CCc1ccc2nc(N(CCN(C)C)C(=O)c3ccccc3I)sc2c1.Cl. The summed E-state index contributed by atoms with van der Waals surface area (Å²) in [5.74, 6) is 0.00613. The van der Waals surface area contributed by atoms with Crippen molar-refractivity contribution in [2.75, 3.05) is 32.1 Å². The van der Waals surface area contributed by atoms with E-state index in [4.69, 9.17) is 4.98 Å². The predicted octanol–water partition coefficient (Wildman–Crippen LogP) is 5.09. The third-order valence-corrected chi connectivity index (χ3v) is 6.18. The summed E-state index contributed by atoms with van der Waals surface area (Å²) in [6, 6.07) is 14.0. The molecule has 0 saturated carbocycles. The molecule has 0 N–H and O–H groups in total. The molecule has 0 atom stereocenters. The molecule has 3 aromatic rings. The molecule has 4 nitrogen and oxygen atoms in total. The Hall–Kier alpha value is -1.22. The zero-order chi connectivity index (χ0) is 18.7. The molecule has 1 heterocycles. The Bertz CT molecular complexity index is 928. The standard InChI is InChI=1S/C20H22IN3OS.ClH/c1-4-14-9-10-17-18(13-14)26-20(22-17)24(12-11-23(2)3)19(25)15-7-5-6-8-16(15)21;/h5-10,13H,4,11-12H2,1-3H3;1H. The fourth-order valence-corrected chi connectivity index (χ4v) is 4.33. The van der Waals surface area contributed by atoms with Gasteiger partial charge in [0.15, 0.2) is 5.13 Å². The van der Waals surface area contributed by atoms with Crippen molar-refractivity contribution < 1.29 is 4.79 Å². The van der Waals surface area contributed by atoms with E-state index in [-0.39, 0.29) is 18.3 Å². The van der Waals surface area contributed by atoms with Crippen LogP contribution < -0.4 is 4.90 Å². The van der Waals surface area contributed by atoms with Gasteiger partial charge in [0.2, 0.25) is 0 Å². The van der Waals surface area contributed by atoms with Crippen molar-refractivity contribution in [1.82, 2.24) is 9.88 Å². The molecule has 0 bridgehead atoms. The molecule has 0 aliphatic heterocycles. The van der Waals surface area contributed by atoms with Crippen LogP contribution in [0.1, 0.15) is 22.8 Å². The lowest BCUT2D eigenvalue weighted by molar-refractivity contribution is 0.0984. The third kappa shape index (κ3) is 5.19. The van der Waals surface area contributed by atoms with Gasteiger partial charge in [0.1, 0.15) is 0 Å². The number of benzene rings is 2. The van der Waals surface area contributed by atoms with Crippen LogP contribution in [0, 0.1) is 3.57 Å². The predicted molar refractivity (Wildman–Crippen MR) is 126 cm³/mol. The average molecular weight is 516 g/mol. The van der Waals surface area contributed by atoms with Gasteiger partial charge in [-0.25, -0.2) is 4.98 Å². The molecule has 0 spiro atoms. The molecule has 0 saturated heterocycles. The molecule has 7 heteroatoms. The molecule has 27 heavy (non-hydrogen) atoms. The number of hydrogen-bond donors (Lipinski definition) is 0.